The number of halogens is 2. The van der Waals surface area contributed by atoms with Gasteiger partial charge in [0.1, 0.15) is 17.7 Å². The predicted molar refractivity (Wildman–Crippen MR) is 63.0 cm³/mol. The van der Waals surface area contributed by atoms with E-state index in [9.17, 15) is 13.9 Å². The predicted octanol–water partition coefficient (Wildman–Crippen LogP) is 2.34. The Hall–Kier alpha value is -1.75. The number of aromatic nitrogens is 2. The Morgan fingerprint density at radius 3 is 2.61 bits per heavy atom. The molecule has 0 saturated carbocycles. The molecule has 0 radical (unpaired) electrons. The van der Waals surface area contributed by atoms with Crippen molar-refractivity contribution in [3.05, 3.63) is 52.9 Å². The largest absolute Gasteiger partial charge is 0.382 e. The molecule has 1 heterocycles. The van der Waals surface area contributed by atoms with Gasteiger partial charge < -0.3 is 5.11 Å². The lowest BCUT2D eigenvalue weighted by atomic mass is 10.1. The van der Waals surface area contributed by atoms with Crippen molar-refractivity contribution >= 4 is 0 Å². The Labute approximate surface area is 104 Å². The van der Waals surface area contributed by atoms with Crippen molar-refractivity contribution in [1.29, 1.82) is 0 Å². The number of aliphatic hydroxyl groups excluding tert-OH is 1. The second-order valence-electron chi connectivity index (χ2n) is 4.11. The van der Waals surface area contributed by atoms with Crippen molar-refractivity contribution < 1.29 is 13.9 Å². The van der Waals surface area contributed by atoms with E-state index in [1.165, 1.54) is 10.7 Å². The quantitative estimate of drug-likeness (QED) is 0.910. The summed E-state index contributed by atoms with van der Waals surface area (Å²) in [4.78, 5) is 0. The highest BCUT2D eigenvalue weighted by molar-refractivity contribution is 5.28. The maximum Gasteiger partial charge on any atom is 0.132 e. The molecule has 18 heavy (non-hydrogen) atoms. The molecule has 0 aliphatic carbocycles. The van der Waals surface area contributed by atoms with E-state index in [2.05, 4.69) is 5.10 Å². The van der Waals surface area contributed by atoms with E-state index in [0.29, 0.717) is 5.69 Å². The summed E-state index contributed by atoms with van der Waals surface area (Å²) < 4.78 is 27.9. The molecular weight excluding hydrogens is 238 g/mol. The van der Waals surface area contributed by atoms with Crippen LogP contribution in [0.5, 0.6) is 0 Å². The van der Waals surface area contributed by atoms with Crippen LogP contribution in [0.2, 0.25) is 0 Å². The fourth-order valence-electron chi connectivity index (χ4n) is 1.85. The number of hydrogen-bond acceptors (Lipinski definition) is 2. The van der Waals surface area contributed by atoms with Crippen LogP contribution in [0.25, 0.3) is 0 Å². The van der Waals surface area contributed by atoms with Gasteiger partial charge in [-0.2, -0.15) is 5.10 Å². The number of nitrogens with zero attached hydrogens (tertiary/aromatic N) is 2. The van der Waals surface area contributed by atoms with E-state index in [0.717, 1.165) is 24.2 Å². The summed E-state index contributed by atoms with van der Waals surface area (Å²) in [7, 11) is 1.68. The van der Waals surface area contributed by atoms with Gasteiger partial charge >= 0.3 is 0 Å². The first-order chi connectivity index (χ1) is 8.52. The maximum absolute atomic E-state index is 13.6. The lowest BCUT2D eigenvalue weighted by molar-refractivity contribution is 0.204. The minimum absolute atomic E-state index is 0.0436. The van der Waals surface area contributed by atoms with Gasteiger partial charge in [-0.1, -0.05) is 13.0 Å². The first kappa shape index (κ1) is 12.7. The van der Waals surface area contributed by atoms with Gasteiger partial charge in [-0.25, -0.2) is 8.78 Å². The molecule has 0 saturated heterocycles. The summed E-state index contributed by atoms with van der Waals surface area (Å²) >= 11 is 0. The highest BCUT2D eigenvalue weighted by Gasteiger charge is 2.19. The van der Waals surface area contributed by atoms with Crippen LogP contribution in [0, 0.1) is 11.6 Å². The monoisotopic (exact) mass is 252 g/mol. The van der Waals surface area contributed by atoms with Crippen LogP contribution in [-0.4, -0.2) is 14.9 Å². The smallest absolute Gasteiger partial charge is 0.132 e. The molecule has 1 unspecified atom stereocenters. The Balaban J connectivity index is 2.40. The highest BCUT2D eigenvalue weighted by Crippen LogP contribution is 2.25. The molecule has 1 aromatic carbocycles. The molecule has 3 nitrogen and oxygen atoms in total. The van der Waals surface area contributed by atoms with Gasteiger partial charge in [0.2, 0.25) is 0 Å². The molecule has 1 N–H and O–H groups in total. The maximum atomic E-state index is 13.6. The van der Waals surface area contributed by atoms with Crippen molar-refractivity contribution in [3.8, 4) is 0 Å². The van der Waals surface area contributed by atoms with Gasteiger partial charge in [0.05, 0.1) is 11.4 Å². The van der Waals surface area contributed by atoms with Crippen LogP contribution in [0.15, 0.2) is 24.3 Å². The number of aryl methyl sites for hydroxylation is 2. The van der Waals surface area contributed by atoms with Crippen LogP contribution in [-0.2, 0) is 13.5 Å². The second-order valence-corrected chi connectivity index (χ2v) is 4.11. The summed E-state index contributed by atoms with van der Waals surface area (Å²) in [5.74, 6) is -1.43. The molecule has 0 aliphatic heterocycles. The Morgan fingerprint density at radius 1 is 1.33 bits per heavy atom. The van der Waals surface area contributed by atoms with Crippen molar-refractivity contribution in [2.45, 2.75) is 19.4 Å². The first-order valence-corrected chi connectivity index (χ1v) is 5.68. The van der Waals surface area contributed by atoms with Crippen molar-refractivity contribution in [2.24, 2.45) is 7.05 Å². The summed E-state index contributed by atoms with van der Waals surface area (Å²) in [6, 6.07) is 4.84. The molecule has 0 spiro atoms. The van der Waals surface area contributed by atoms with Crippen LogP contribution in [0.4, 0.5) is 8.78 Å². The third kappa shape index (κ3) is 2.26. The van der Waals surface area contributed by atoms with Crippen molar-refractivity contribution in [3.63, 3.8) is 0 Å². The number of aliphatic hydroxyl groups is 1. The van der Waals surface area contributed by atoms with E-state index in [-0.39, 0.29) is 5.56 Å². The van der Waals surface area contributed by atoms with Gasteiger partial charge in [-0.05, 0) is 18.6 Å². The first-order valence-electron chi connectivity index (χ1n) is 5.68. The minimum Gasteiger partial charge on any atom is -0.382 e. The number of rotatable bonds is 3. The molecule has 2 rings (SSSR count). The third-order valence-corrected chi connectivity index (χ3v) is 2.87. The van der Waals surface area contributed by atoms with E-state index >= 15 is 0 Å². The Morgan fingerprint density at radius 2 is 2.06 bits per heavy atom. The van der Waals surface area contributed by atoms with Gasteiger partial charge in [-0.15, -0.1) is 0 Å². The van der Waals surface area contributed by atoms with E-state index in [1.54, 1.807) is 13.1 Å². The van der Waals surface area contributed by atoms with Gasteiger partial charge in [0, 0.05) is 18.7 Å². The van der Waals surface area contributed by atoms with Crippen LogP contribution < -0.4 is 0 Å². The summed E-state index contributed by atoms with van der Waals surface area (Å²) in [5.41, 5.74) is 1.34. The van der Waals surface area contributed by atoms with Gasteiger partial charge in [-0.3, -0.25) is 4.68 Å². The molecule has 96 valence electrons. The van der Waals surface area contributed by atoms with E-state index < -0.39 is 17.7 Å². The molecule has 0 bridgehead atoms. The van der Waals surface area contributed by atoms with Gasteiger partial charge in [0.25, 0.3) is 0 Å². The molecule has 2 aromatic rings. The lowest BCUT2D eigenvalue weighted by Crippen LogP contribution is -2.08. The Kier molecular flexibility index (Phi) is 3.43. The zero-order valence-corrected chi connectivity index (χ0v) is 10.2. The summed E-state index contributed by atoms with van der Waals surface area (Å²) in [5, 5.41) is 14.3. The molecule has 5 heteroatoms. The zero-order chi connectivity index (χ0) is 13.3. The average Bonchev–Trinajstić information content (AvgIpc) is 2.70. The topological polar surface area (TPSA) is 38.0 Å². The summed E-state index contributed by atoms with van der Waals surface area (Å²) in [6.45, 7) is 1.94. The van der Waals surface area contributed by atoms with Crippen LogP contribution >= 0.6 is 0 Å². The van der Waals surface area contributed by atoms with Crippen molar-refractivity contribution in [2.75, 3.05) is 0 Å². The molecule has 1 atom stereocenters. The normalized spacial score (nSPS) is 12.7. The molecule has 0 amide bonds. The van der Waals surface area contributed by atoms with Crippen molar-refractivity contribution in [1.82, 2.24) is 9.78 Å². The number of benzene rings is 1. The SMILES string of the molecule is CCc1cc(C(O)c2ccc(F)cc2F)n(C)n1. The number of hydrogen-bond donors (Lipinski definition) is 1. The Bertz CT molecular complexity index is 566. The lowest BCUT2D eigenvalue weighted by Gasteiger charge is -2.12. The molecule has 0 aliphatic rings. The molecule has 1 aromatic heterocycles. The highest BCUT2D eigenvalue weighted by atomic mass is 19.1. The fourth-order valence-corrected chi connectivity index (χ4v) is 1.85. The average molecular weight is 252 g/mol. The second kappa shape index (κ2) is 4.86. The van der Waals surface area contributed by atoms with E-state index in [1.807, 2.05) is 6.92 Å². The van der Waals surface area contributed by atoms with E-state index in [4.69, 9.17) is 0 Å². The third-order valence-electron chi connectivity index (χ3n) is 2.87. The van der Waals surface area contributed by atoms with Gasteiger partial charge in [0.15, 0.2) is 0 Å². The van der Waals surface area contributed by atoms with Crippen LogP contribution in [0.3, 0.4) is 0 Å². The molecule has 0 fully saturated rings. The molecular formula is C13H14F2N2O. The fraction of sp³-hybridized carbons (Fsp3) is 0.308. The minimum atomic E-state index is -1.15. The summed E-state index contributed by atoms with van der Waals surface area (Å²) in [6.07, 6.45) is -0.421. The zero-order valence-electron chi connectivity index (χ0n) is 10.2. The van der Waals surface area contributed by atoms with Crippen LogP contribution in [0.1, 0.15) is 30.0 Å². The standard InChI is InChI=1S/C13H14F2N2O/c1-3-9-7-12(17(2)16-9)13(18)10-5-4-8(14)6-11(10)15/h4-7,13,18H,3H2,1-2H3.